The van der Waals surface area contributed by atoms with Gasteiger partial charge in [0.1, 0.15) is 0 Å². The number of aromatic nitrogens is 2. The van der Waals surface area contributed by atoms with Crippen molar-refractivity contribution < 1.29 is 9.72 Å². The van der Waals surface area contributed by atoms with Gasteiger partial charge in [0.25, 0.3) is 5.69 Å². The summed E-state index contributed by atoms with van der Waals surface area (Å²) in [5, 5.41) is 14.0. The predicted molar refractivity (Wildman–Crippen MR) is 103 cm³/mol. The second kappa shape index (κ2) is 7.35. The van der Waals surface area contributed by atoms with Crippen molar-refractivity contribution in [3.05, 3.63) is 57.6 Å². The maximum Gasteiger partial charge on any atom is 0.271 e. The number of nitro groups is 1. The van der Waals surface area contributed by atoms with Crippen molar-refractivity contribution in [3.8, 4) is 0 Å². The number of aryl methyl sites for hydroxylation is 1. The van der Waals surface area contributed by atoms with Gasteiger partial charge in [-0.15, -0.1) is 0 Å². The van der Waals surface area contributed by atoms with Crippen LogP contribution in [0.2, 0.25) is 5.02 Å². The lowest BCUT2D eigenvalue weighted by Gasteiger charge is -2.12. The van der Waals surface area contributed by atoms with Gasteiger partial charge in [0.05, 0.1) is 31.9 Å². The Morgan fingerprint density at radius 2 is 2.08 bits per heavy atom. The molecule has 1 heterocycles. The topological polar surface area (TPSA) is 90.1 Å². The minimum absolute atomic E-state index is 0.139. The molecule has 0 saturated carbocycles. The van der Waals surface area contributed by atoms with Crippen LogP contribution in [0.25, 0.3) is 11.0 Å². The number of fused-ring (bicyclic) bond motifs is 1. The van der Waals surface area contributed by atoms with Crippen molar-refractivity contribution in [3.63, 3.8) is 0 Å². The van der Waals surface area contributed by atoms with Crippen LogP contribution >= 0.6 is 23.4 Å². The second-order valence-electron chi connectivity index (χ2n) is 5.61. The number of benzene rings is 2. The second-order valence-corrected chi connectivity index (χ2v) is 7.33. The van der Waals surface area contributed by atoms with E-state index >= 15 is 0 Å². The van der Waals surface area contributed by atoms with E-state index in [1.54, 1.807) is 6.92 Å². The average molecular weight is 391 g/mol. The number of nitrogens with one attached hydrogen (secondary N) is 1. The molecular weight excluding hydrogens is 376 g/mol. The van der Waals surface area contributed by atoms with Gasteiger partial charge in [0.15, 0.2) is 5.16 Å². The van der Waals surface area contributed by atoms with Crippen molar-refractivity contribution >= 4 is 51.7 Å². The van der Waals surface area contributed by atoms with E-state index in [1.165, 1.54) is 30.0 Å². The van der Waals surface area contributed by atoms with Crippen LogP contribution in [0.15, 0.2) is 47.6 Å². The minimum Gasteiger partial charge on any atom is -0.324 e. The number of rotatable bonds is 5. The number of anilines is 1. The van der Waals surface area contributed by atoms with Crippen LogP contribution in [0.4, 0.5) is 11.4 Å². The lowest BCUT2D eigenvalue weighted by atomic mass is 10.2. The molecule has 1 unspecified atom stereocenters. The highest BCUT2D eigenvalue weighted by Crippen LogP contribution is 2.29. The lowest BCUT2D eigenvalue weighted by molar-refractivity contribution is -0.384. The Kier molecular flexibility index (Phi) is 5.15. The molecule has 0 spiro atoms. The van der Waals surface area contributed by atoms with Gasteiger partial charge < -0.3 is 9.88 Å². The molecule has 0 aliphatic rings. The highest BCUT2D eigenvalue weighted by atomic mass is 35.5. The van der Waals surface area contributed by atoms with Crippen molar-refractivity contribution in [2.75, 3.05) is 5.32 Å². The highest BCUT2D eigenvalue weighted by Gasteiger charge is 2.20. The SMILES string of the molecule is CC(Sc1nc2ccccc2n1C)C(=O)Nc1cc([N+](=O)[O-])ccc1Cl. The number of nitrogens with zero attached hydrogens (tertiary/aromatic N) is 3. The number of halogens is 1. The maximum absolute atomic E-state index is 12.5. The Bertz CT molecular complexity index is 1000. The molecular formula is C17H15ClN4O3S. The molecule has 0 saturated heterocycles. The van der Waals surface area contributed by atoms with Crippen molar-refractivity contribution in [2.45, 2.75) is 17.3 Å². The van der Waals surface area contributed by atoms with E-state index < -0.39 is 10.2 Å². The fourth-order valence-electron chi connectivity index (χ4n) is 2.40. The summed E-state index contributed by atoms with van der Waals surface area (Å²) in [5.41, 5.74) is 1.90. The van der Waals surface area contributed by atoms with E-state index in [1.807, 2.05) is 35.9 Å². The Balaban J connectivity index is 1.76. The van der Waals surface area contributed by atoms with Gasteiger partial charge in [-0.05, 0) is 25.1 Å². The predicted octanol–water partition coefficient (Wildman–Crippen LogP) is 4.25. The Morgan fingerprint density at radius 3 is 2.77 bits per heavy atom. The number of amides is 1. The normalized spacial score (nSPS) is 12.1. The molecule has 9 heteroatoms. The third kappa shape index (κ3) is 3.66. The Labute approximate surface area is 158 Å². The number of carbonyl (C=O) groups excluding carboxylic acids is 1. The van der Waals surface area contributed by atoms with Crippen LogP contribution in [0, 0.1) is 10.1 Å². The van der Waals surface area contributed by atoms with Gasteiger partial charge in [-0.2, -0.15) is 0 Å². The number of hydrogen-bond donors (Lipinski definition) is 1. The van der Waals surface area contributed by atoms with Crippen molar-refractivity contribution in [1.82, 2.24) is 9.55 Å². The number of imidazole rings is 1. The molecule has 3 rings (SSSR count). The van der Waals surface area contributed by atoms with E-state index in [2.05, 4.69) is 10.3 Å². The Morgan fingerprint density at radius 1 is 1.35 bits per heavy atom. The van der Waals surface area contributed by atoms with Crippen LogP contribution in [0.5, 0.6) is 0 Å². The largest absolute Gasteiger partial charge is 0.324 e. The molecule has 1 atom stereocenters. The van der Waals surface area contributed by atoms with Gasteiger partial charge in [0.2, 0.25) is 5.91 Å². The zero-order valence-electron chi connectivity index (χ0n) is 14.0. The Hall–Kier alpha value is -2.58. The van der Waals surface area contributed by atoms with Crippen LogP contribution in [0.3, 0.4) is 0 Å². The van der Waals surface area contributed by atoms with Gasteiger partial charge >= 0.3 is 0 Å². The monoisotopic (exact) mass is 390 g/mol. The quantitative estimate of drug-likeness (QED) is 0.399. The molecule has 2 aromatic carbocycles. The smallest absolute Gasteiger partial charge is 0.271 e. The van der Waals surface area contributed by atoms with Crippen molar-refractivity contribution in [2.24, 2.45) is 7.05 Å². The number of nitro benzene ring substituents is 1. The summed E-state index contributed by atoms with van der Waals surface area (Å²) in [6.45, 7) is 1.74. The van der Waals surface area contributed by atoms with E-state index in [9.17, 15) is 14.9 Å². The molecule has 0 aliphatic carbocycles. The minimum atomic E-state index is -0.538. The van der Waals surface area contributed by atoms with Crippen LogP contribution < -0.4 is 5.32 Å². The van der Waals surface area contributed by atoms with E-state index in [0.717, 1.165) is 11.0 Å². The van der Waals surface area contributed by atoms with Crippen LogP contribution in [-0.4, -0.2) is 25.6 Å². The molecule has 0 fully saturated rings. The molecule has 0 bridgehead atoms. The first kappa shape index (κ1) is 18.2. The van der Waals surface area contributed by atoms with Gasteiger partial charge in [0, 0.05) is 19.2 Å². The van der Waals surface area contributed by atoms with E-state index in [4.69, 9.17) is 11.6 Å². The molecule has 26 heavy (non-hydrogen) atoms. The summed E-state index contributed by atoms with van der Waals surface area (Å²) in [5.74, 6) is -0.315. The molecule has 1 aromatic heterocycles. The summed E-state index contributed by atoms with van der Waals surface area (Å²) in [7, 11) is 1.89. The third-order valence-electron chi connectivity index (χ3n) is 3.82. The molecule has 3 aromatic rings. The summed E-state index contributed by atoms with van der Waals surface area (Å²) >= 11 is 7.33. The van der Waals surface area contributed by atoms with Gasteiger partial charge in [-0.1, -0.05) is 35.5 Å². The molecule has 0 radical (unpaired) electrons. The number of non-ortho nitro benzene ring substituents is 1. The summed E-state index contributed by atoms with van der Waals surface area (Å²) in [6, 6.07) is 11.6. The molecule has 7 nitrogen and oxygen atoms in total. The number of para-hydroxylation sites is 2. The standard InChI is InChI=1S/C17H15ClN4O3S/c1-10(26-17-20-13-5-3-4-6-15(13)21(17)2)16(23)19-14-9-11(22(24)25)7-8-12(14)18/h3-10H,1-2H3,(H,19,23). The average Bonchev–Trinajstić information content (AvgIpc) is 2.92. The first-order chi connectivity index (χ1) is 12.4. The highest BCUT2D eigenvalue weighted by molar-refractivity contribution is 8.00. The zero-order chi connectivity index (χ0) is 18.8. The van der Waals surface area contributed by atoms with Gasteiger partial charge in [-0.3, -0.25) is 14.9 Å². The number of thioether (sulfide) groups is 1. The first-order valence-electron chi connectivity index (χ1n) is 7.69. The number of hydrogen-bond acceptors (Lipinski definition) is 5. The number of carbonyl (C=O) groups is 1. The molecule has 0 aliphatic heterocycles. The van der Waals surface area contributed by atoms with Crippen LogP contribution in [-0.2, 0) is 11.8 Å². The lowest BCUT2D eigenvalue weighted by Crippen LogP contribution is -2.23. The van der Waals surface area contributed by atoms with Gasteiger partial charge in [-0.25, -0.2) is 4.98 Å². The summed E-state index contributed by atoms with van der Waals surface area (Å²) in [6.07, 6.45) is 0. The molecule has 1 N–H and O–H groups in total. The first-order valence-corrected chi connectivity index (χ1v) is 8.95. The summed E-state index contributed by atoms with van der Waals surface area (Å²) in [4.78, 5) is 27.4. The molecule has 134 valence electrons. The van der Waals surface area contributed by atoms with Crippen molar-refractivity contribution in [1.29, 1.82) is 0 Å². The maximum atomic E-state index is 12.5. The van der Waals surface area contributed by atoms with E-state index in [0.29, 0.717) is 5.16 Å². The fourth-order valence-corrected chi connectivity index (χ4v) is 3.45. The summed E-state index contributed by atoms with van der Waals surface area (Å²) < 4.78 is 1.92. The van der Waals surface area contributed by atoms with Crippen LogP contribution in [0.1, 0.15) is 6.92 Å². The van der Waals surface area contributed by atoms with E-state index in [-0.39, 0.29) is 22.3 Å². The molecule has 1 amide bonds. The third-order valence-corrected chi connectivity index (χ3v) is 5.29. The fraction of sp³-hybridized carbons (Fsp3) is 0.176. The zero-order valence-corrected chi connectivity index (χ0v) is 15.5.